The van der Waals surface area contributed by atoms with Gasteiger partial charge in [0.05, 0.1) is 23.5 Å². The maximum absolute atomic E-state index is 14.3. The van der Waals surface area contributed by atoms with Crippen molar-refractivity contribution >= 4 is 29.4 Å². The molecular weight excluding hydrogens is 620 g/mol. The molecule has 0 bridgehead atoms. The van der Waals surface area contributed by atoms with E-state index in [1.165, 1.54) is 39.9 Å². The Labute approximate surface area is 265 Å². The van der Waals surface area contributed by atoms with Crippen LogP contribution in [-0.4, -0.2) is 46.0 Å². The zero-order valence-electron chi connectivity index (χ0n) is 24.8. The van der Waals surface area contributed by atoms with E-state index in [9.17, 15) is 36.7 Å². The fourth-order valence-corrected chi connectivity index (χ4v) is 5.43. The van der Waals surface area contributed by atoms with Crippen LogP contribution in [0.2, 0.25) is 0 Å². The second-order valence-corrected chi connectivity index (χ2v) is 10.5. The highest BCUT2D eigenvalue weighted by Crippen LogP contribution is 2.43. The summed E-state index contributed by atoms with van der Waals surface area (Å²) in [5.41, 5.74) is 5.34. The normalized spacial score (nSPS) is 16.2. The molecule has 0 saturated carbocycles. The average Bonchev–Trinajstić information content (AvgIpc) is 3.42. The van der Waals surface area contributed by atoms with Crippen LogP contribution in [0.5, 0.6) is 0 Å². The van der Waals surface area contributed by atoms with Crippen LogP contribution >= 0.6 is 0 Å². The lowest BCUT2D eigenvalue weighted by Crippen LogP contribution is -2.55. The molecule has 0 fully saturated rings. The van der Waals surface area contributed by atoms with E-state index in [0.29, 0.717) is 28.7 Å². The summed E-state index contributed by atoms with van der Waals surface area (Å²) in [7, 11) is 0. The second-order valence-electron chi connectivity index (χ2n) is 10.5. The van der Waals surface area contributed by atoms with Crippen LogP contribution in [0.15, 0.2) is 91.0 Å². The lowest BCUT2D eigenvalue weighted by Gasteiger charge is -2.38. The number of nitrogens with two attached hydrogens (primary N) is 1. The third-order valence-corrected chi connectivity index (χ3v) is 7.52. The monoisotopic (exact) mass is 648 g/mol. The van der Waals surface area contributed by atoms with Crippen molar-refractivity contribution in [3.8, 4) is 5.69 Å². The number of amides is 4. The van der Waals surface area contributed by atoms with Gasteiger partial charge in [0.1, 0.15) is 17.7 Å². The van der Waals surface area contributed by atoms with Gasteiger partial charge in [0.25, 0.3) is 11.8 Å². The Kier molecular flexibility index (Phi) is 9.22. The van der Waals surface area contributed by atoms with Gasteiger partial charge < -0.3 is 16.4 Å². The molecule has 1 aliphatic heterocycles. The van der Waals surface area contributed by atoms with E-state index < -0.39 is 53.1 Å². The molecule has 1 aromatic heterocycles. The topological polar surface area (TPSA) is 139 Å². The molecule has 4 aromatic rings. The number of para-hydroxylation sites is 1. The van der Waals surface area contributed by atoms with E-state index in [0.717, 1.165) is 24.3 Å². The first-order valence-corrected chi connectivity index (χ1v) is 14.4. The van der Waals surface area contributed by atoms with E-state index in [2.05, 4.69) is 10.6 Å². The van der Waals surface area contributed by atoms with Gasteiger partial charge in [-0.3, -0.25) is 24.1 Å². The molecule has 2 atom stereocenters. The molecular formula is C33H28F4N6O4. The third-order valence-electron chi connectivity index (χ3n) is 7.52. The van der Waals surface area contributed by atoms with Crippen molar-refractivity contribution < 1.29 is 36.7 Å². The van der Waals surface area contributed by atoms with E-state index in [-0.39, 0.29) is 24.3 Å². The molecule has 0 unspecified atom stereocenters. The maximum Gasteiger partial charge on any atom is 0.416 e. The minimum atomic E-state index is -4.71. The number of alkyl halides is 3. The number of fused-ring (bicyclic) bond motifs is 1. The Balaban J connectivity index is 1.68. The number of hydrogen-bond donors (Lipinski definition) is 3. The summed E-state index contributed by atoms with van der Waals surface area (Å²) >= 11 is 0. The molecule has 0 saturated heterocycles. The molecule has 1 aliphatic rings. The van der Waals surface area contributed by atoms with Crippen LogP contribution in [0.1, 0.15) is 45.6 Å². The van der Waals surface area contributed by atoms with Crippen molar-refractivity contribution in [1.29, 1.82) is 0 Å². The SMILES string of the molecule is CCN1C(=O)[C@H](NC(=O)c2cccc(C(F)(F)F)c2)[C@H](c2ccc(F)cc2)c2c(CNC(=O)/C=C/C(N)=O)nn(-c3ccccc3)c21. The van der Waals surface area contributed by atoms with Crippen molar-refractivity contribution in [2.24, 2.45) is 5.73 Å². The van der Waals surface area contributed by atoms with Crippen LogP contribution in [0, 0.1) is 5.82 Å². The Morgan fingerprint density at radius 2 is 1.68 bits per heavy atom. The van der Waals surface area contributed by atoms with Gasteiger partial charge in [-0.15, -0.1) is 0 Å². The highest BCUT2D eigenvalue weighted by Gasteiger charge is 2.46. The zero-order valence-corrected chi connectivity index (χ0v) is 24.8. The molecule has 5 rings (SSSR count). The predicted octanol–water partition coefficient (Wildman–Crippen LogP) is 3.98. The van der Waals surface area contributed by atoms with Gasteiger partial charge in [-0.2, -0.15) is 18.3 Å². The molecule has 0 radical (unpaired) electrons. The van der Waals surface area contributed by atoms with Gasteiger partial charge in [0, 0.05) is 35.7 Å². The van der Waals surface area contributed by atoms with Crippen LogP contribution in [-0.2, 0) is 27.1 Å². The first-order chi connectivity index (χ1) is 22.4. The van der Waals surface area contributed by atoms with Crippen molar-refractivity contribution in [1.82, 2.24) is 20.4 Å². The Bertz CT molecular complexity index is 1860. The number of hydrogen-bond acceptors (Lipinski definition) is 5. The summed E-state index contributed by atoms with van der Waals surface area (Å²) in [5.74, 6) is -4.31. The molecule has 4 N–H and O–H groups in total. The number of halogens is 4. The number of primary amides is 1. The van der Waals surface area contributed by atoms with Gasteiger partial charge in [-0.05, 0) is 55.0 Å². The summed E-state index contributed by atoms with van der Waals surface area (Å²) < 4.78 is 56.0. The fourth-order valence-electron chi connectivity index (χ4n) is 5.43. The average molecular weight is 649 g/mol. The van der Waals surface area contributed by atoms with Crippen LogP contribution in [0.3, 0.4) is 0 Å². The Hall–Kier alpha value is -5.79. The molecule has 14 heteroatoms. The molecule has 4 amide bonds. The number of anilines is 1. The van der Waals surface area contributed by atoms with Crippen molar-refractivity contribution in [3.05, 3.63) is 125 Å². The summed E-state index contributed by atoms with van der Waals surface area (Å²) in [6, 6.07) is 16.4. The summed E-state index contributed by atoms with van der Waals surface area (Å²) in [5, 5.41) is 10.0. The highest BCUT2D eigenvalue weighted by molar-refractivity contribution is 6.05. The summed E-state index contributed by atoms with van der Waals surface area (Å²) in [4.78, 5) is 52.8. The molecule has 2 heterocycles. The number of nitrogens with zero attached hydrogens (tertiary/aromatic N) is 3. The van der Waals surface area contributed by atoms with E-state index in [1.54, 1.807) is 37.3 Å². The van der Waals surface area contributed by atoms with Crippen molar-refractivity contribution in [2.75, 3.05) is 11.4 Å². The molecule has 0 spiro atoms. The first kappa shape index (κ1) is 32.6. The standard InChI is InChI=1S/C33H28F4N6O4/c1-2-42-31-28(24(18-39-26(45)16-15-25(38)44)41-43(31)23-9-4-3-5-10-23)27(19-11-13-22(34)14-12-19)29(32(42)47)40-30(46)20-7-6-8-21(17-20)33(35,36)37/h3-17,27,29H,2,18H2,1H3,(H2,38,44)(H,39,45)(H,40,46)/b16-15+/t27-,29-/m1/s1. The zero-order chi connectivity index (χ0) is 33.9. The first-order valence-electron chi connectivity index (χ1n) is 14.4. The minimum Gasteiger partial charge on any atom is -0.366 e. The van der Waals surface area contributed by atoms with Gasteiger partial charge in [0.15, 0.2) is 0 Å². The number of benzene rings is 3. The summed E-state index contributed by atoms with van der Waals surface area (Å²) in [6.07, 6.45) is -2.88. The molecule has 10 nitrogen and oxygen atoms in total. The lowest BCUT2D eigenvalue weighted by molar-refractivity contribution is -0.137. The van der Waals surface area contributed by atoms with Gasteiger partial charge in [-0.1, -0.05) is 36.4 Å². The predicted molar refractivity (Wildman–Crippen MR) is 163 cm³/mol. The summed E-state index contributed by atoms with van der Waals surface area (Å²) in [6.45, 7) is 1.59. The smallest absolute Gasteiger partial charge is 0.366 e. The number of nitrogens with one attached hydrogen (secondary N) is 2. The number of carbonyl (C=O) groups is 4. The largest absolute Gasteiger partial charge is 0.416 e. The van der Waals surface area contributed by atoms with Gasteiger partial charge >= 0.3 is 6.18 Å². The molecule has 3 aromatic carbocycles. The second kappa shape index (κ2) is 13.3. The van der Waals surface area contributed by atoms with E-state index in [4.69, 9.17) is 10.8 Å². The third kappa shape index (κ3) is 6.90. The number of rotatable bonds is 9. The Morgan fingerprint density at radius 3 is 2.32 bits per heavy atom. The molecule has 0 aliphatic carbocycles. The van der Waals surface area contributed by atoms with Crippen molar-refractivity contribution in [2.45, 2.75) is 31.6 Å². The van der Waals surface area contributed by atoms with Crippen LogP contribution in [0.25, 0.3) is 5.69 Å². The number of likely N-dealkylation sites (N-methyl/N-ethyl adjacent to an activating group) is 1. The van der Waals surface area contributed by atoms with E-state index >= 15 is 0 Å². The number of carbonyl (C=O) groups excluding carboxylic acids is 4. The highest BCUT2D eigenvalue weighted by atomic mass is 19.4. The fraction of sp³-hybridized carbons (Fsp3) is 0.182. The molecule has 242 valence electrons. The molecule has 47 heavy (non-hydrogen) atoms. The van der Waals surface area contributed by atoms with Gasteiger partial charge in [-0.25, -0.2) is 9.07 Å². The quantitative estimate of drug-likeness (QED) is 0.186. The number of aromatic nitrogens is 2. The minimum absolute atomic E-state index is 0.101. The Morgan fingerprint density at radius 1 is 0.979 bits per heavy atom. The maximum atomic E-state index is 14.3. The van der Waals surface area contributed by atoms with Crippen LogP contribution < -0.4 is 21.3 Å². The van der Waals surface area contributed by atoms with Crippen LogP contribution in [0.4, 0.5) is 23.4 Å². The van der Waals surface area contributed by atoms with Gasteiger partial charge in [0.2, 0.25) is 11.8 Å². The lowest BCUT2D eigenvalue weighted by atomic mass is 9.80. The van der Waals surface area contributed by atoms with E-state index in [1.807, 2.05) is 0 Å². The van der Waals surface area contributed by atoms with Crippen molar-refractivity contribution in [3.63, 3.8) is 0 Å².